The van der Waals surface area contributed by atoms with Crippen molar-refractivity contribution in [1.82, 2.24) is 9.84 Å². The van der Waals surface area contributed by atoms with Gasteiger partial charge in [0.15, 0.2) is 0 Å². The Kier molecular flexibility index (Phi) is 3.16. The van der Waals surface area contributed by atoms with Crippen molar-refractivity contribution < 1.29 is 8.42 Å². The van der Waals surface area contributed by atoms with Crippen molar-refractivity contribution in [2.45, 2.75) is 24.8 Å². The van der Waals surface area contributed by atoms with Gasteiger partial charge in [0.05, 0.1) is 10.0 Å². The first-order chi connectivity index (χ1) is 7.76. The topological polar surface area (TPSA) is 49.4 Å². The minimum absolute atomic E-state index is 0.0902. The Hall–Kier alpha value is -0.330. The van der Waals surface area contributed by atoms with E-state index < -0.39 is 10.0 Å². The molecule has 1 atom stereocenters. The molecule has 0 fully saturated rings. The van der Waals surface area contributed by atoms with Gasteiger partial charge in [0, 0.05) is 13.1 Å². The minimum Gasteiger partial charge on any atom is -0.234 e. The number of sulfonamides is 1. The van der Waals surface area contributed by atoms with Gasteiger partial charge in [-0.15, -0.1) is 4.41 Å². The van der Waals surface area contributed by atoms with Gasteiger partial charge >= 0.3 is 0 Å². The van der Waals surface area contributed by atoms with Crippen LogP contribution in [0.2, 0.25) is 10.0 Å². The molecule has 0 aromatic heterocycles. The normalized spacial score (nSPS) is 23.5. The average molecular weight is 295 g/mol. The lowest BCUT2D eigenvalue weighted by Gasteiger charge is -2.32. The van der Waals surface area contributed by atoms with Crippen molar-refractivity contribution >= 4 is 33.2 Å². The number of fused-ring (bicyclic) bond motifs is 1. The van der Waals surface area contributed by atoms with Gasteiger partial charge in [-0.1, -0.05) is 23.2 Å². The molecule has 0 spiro atoms. The van der Waals surface area contributed by atoms with Gasteiger partial charge in [-0.25, -0.2) is 13.8 Å². The maximum Gasteiger partial charge on any atom is 0.257 e. The fraction of sp³-hybridized carbons (Fsp3) is 0.400. The van der Waals surface area contributed by atoms with Crippen LogP contribution in [0.3, 0.4) is 0 Å². The van der Waals surface area contributed by atoms with Crippen molar-refractivity contribution in [3.8, 4) is 0 Å². The first-order valence-electron chi connectivity index (χ1n) is 5.00. The first kappa shape index (κ1) is 13.1. The third kappa shape index (κ3) is 1.86. The second kappa shape index (κ2) is 4.10. The van der Waals surface area contributed by atoms with E-state index in [1.54, 1.807) is 6.07 Å². The van der Waals surface area contributed by atoms with Gasteiger partial charge in [0.2, 0.25) is 0 Å². The van der Waals surface area contributed by atoms with Crippen LogP contribution in [0.5, 0.6) is 0 Å². The van der Waals surface area contributed by atoms with Crippen molar-refractivity contribution in [2.75, 3.05) is 7.05 Å². The molecule has 0 saturated carbocycles. The summed E-state index contributed by atoms with van der Waals surface area (Å²) < 4.78 is 25.5. The number of nitrogens with zero attached hydrogens (tertiary/aromatic N) is 1. The number of halogens is 2. The van der Waals surface area contributed by atoms with Crippen molar-refractivity contribution in [3.05, 3.63) is 27.2 Å². The van der Waals surface area contributed by atoms with E-state index in [4.69, 9.17) is 23.2 Å². The maximum absolute atomic E-state index is 12.2. The molecule has 1 aromatic rings. The second-order valence-electron chi connectivity index (χ2n) is 4.06. The van der Waals surface area contributed by atoms with Crippen LogP contribution in [0.15, 0.2) is 11.0 Å². The molecule has 17 heavy (non-hydrogen) atoms. The van der Waals surface area contributed by atoms with Crippen molar-refractivity contribution in [2.24, 2.45) is 0 Å². The lowest BCUT2D eigenvalue weighted by Crippen LogP contribution is -2.46. The molecule has 7 heteroatoms. The number of hydrogen-bond acceptors (Lipinski definition) is 3. The molecular weight excluding hydrogens is 283 g/mol. The highest BCUT2D eigenvalue weighted by Gasteiger charge is 2.36. The van der Waals surface area contributed by atoms with E-state index in [-0.39, 0.29) is 21.0 Å². The molecule has 2 rings (SSSR count). The van der Waals surface area contributed by atoms with E-state index in [0.29, 0.717) is 5.56 Å². The zero-order valence-corrected chi connectivity index (χ0v) is 11.9. The standard InChI is InChI=1S/C10H12Cl2N2O2S/c1-5-4-7(11)9(12)10-8(5)6(2)13-14(3)17(10,15)16/h4,6,13H,1-3H3. The predicted octanol–water partition coefficient (Wildman–Crippen LogP) is 2.50. The average Bonchev–Trinajstić information content (AvgIpc) is 2.20. The largest absolute Gasteiger partial charge is 0.257 e. The Bertz CT molecular complexity index is 586. The number of aryl methyl sites for hydroxylation is 1. The highest BCUT2D eigenvalue weighted by molar-refractivity contribution is 7.89. The quantitative estimate of drug-likeness (QED) is 0.800. The summed E-state index contributed by atoms with van der Waals surface area (Å²) in [6, 6.07) is 1.55. The number of nitrogens with one attached hydrogen (secondary N) is 1. The molecule has 1 heterocycles. The Morgan fingerprint density at radius 1 is 1.41 bits per heavy atom. The molecule has 1 aliphatic heterocycles. The molecular formula is C10H12Cl2N2O2S. The molecule has 4 nitrogen and oxygen atoms in total. The van der Waals surface area contributed by atoms with E-state index in [1.807, 2.05) is 13.8 Å². The van der Waals surface area contributed by atoms with Crippen molar-refractivity contribution in [3.63, 3.8) is 0 Å². The summed E-state index contributed by atoms with van der Waals surface area (Å²) in [5.74, 6) is 0. The summed E-state index contributed by atoms with van der Waals surface area (Å²) >= 11 is 12.0. The highest BCUT2D eigenvalue weighted by Crippen LogP contribution is 2.40. The number of hydrazine groups is 1. The lowest BCUT2D eigenvalue weighted by molar-refractivity contribution is 0.308. The summed E-state index contributed by atoms with van der Waals surface area (Å²) in [5, 5.41) is 0.349. The van der Waals surface area contributed by atoms with Crippen LogP contribution in [0, 0.1) is 6.92 Å². The van der Waals surface area contributed by atoms with Crippen LogP contribution < -0.4 is 5.43 Å². The first-order valence-corrected chi connectivity index (χ1v) is 7.20. The molecule has 0 radical (unpaired) electrons. The van der Waals surface area contributed by atoms with Crippen LogP contribution in [-0.4, -0.2) is 19.9 Å². The Morgan fingerprint density at radius 3 is 2.59 bits per heavy atom. The zero-order valence-electron chi connectivity index (χ0n) is 9.58. The summed E-state index contributed by atoms with van der Waals surface area (Å²) in [5.41, 5.74) is 4.35. The monoisotopic (exact) mass is 294 g/mol. The molecule has 94 valence electrons. The van der Waals surface area contributed by atoms with Gasteiger partial charge in [0.25, 0.3) is 10.0 Å². The van der Waals surface area contributed by atoms with E-state index >= 15 is 0 Å². The summed E-state index contributed by atoms with van der Waals surface area (Å²) in [6.45, 7) is 3.70. The summed E-state index contributed by atoms with van der Waals surface area (Å²) in [7, 11) is -2.18. The van der Waals surface area contributed by atoms with Gasteiger partial charge in [-0.3, -0.25) is 0 Å². The molecule has 0 saturated heterocycles. The Balaban J connectivity index is 2.90. The minimum atomic E-state index is -3.62. The fourth-order valence-corrected chi connectivity index (χ4v) is 4.36. The van der Waals surface area contributed by atoms with Crippen LogP contribution in [0.25, 0.3) is 0 Å². The van der Waals surface area contributed by atoms with E-state index in [2.05, 4.69) is 5.43 Å². The van der Waals surface area contributed by atoms with Crippen LogP contribution >= 0.6 is 23.2 Å². The smallest absolute Gasteiger partial charge is 0.234 e. The molecule has 0 aliphatic carbocycles. The maximum atomic E-state index is 12.2. The van der Waals surface area contributed by atoms with Crippen LogP contribution in [-0.2, 0) is 10.0 Å². The highest BCUT2D eigenvalue weighted by atomic mass is 35.5. The molecule has 1 aliphatic rings. The Morgan fingerprint density at radius 2 is 2.00 bits per heavy atom. The van der Waals surface area contributed by atoms with Gasteiger partial charge < -0.3 is 0 Å². The van der Waals surface area contributed by atoms with Gasteiger partial charge in [-0.05, 0) is 31.0 Å². The third-order valence-electron chi connectivity index (χ3n) is 2.85. The Labute approximate surface area is 111 Å². The van der Waals surface area contributed by atoms with E-state index in [1.165, 1.54) is 7.05 Å². The van der Waals surface area contributed by atoms with Gasteiger partial charge in [0.1, 0.15) is 4.90 Å². The summed E-state index contributed by atoms with van der Waals surface area (Å²) in [6.07, 6.45) is 0. The predicted molar refractivity (Wildman–Crippen MR) is 67.7 cm³/mol. The zero-order chi connectivity index (χ0) is 13.0. The van der Waals surface area contributed by atoms with Crippen LogP contribution in [0.1, 0.15) is 24.1 Å². The number of rotatable bonds is 0. The number of hydrogen-bond donors (Lipinski definition) is 1. The SMILES string of the molecule is Cc1cc(Cl)c(Cl)c2c1C(C)NN(C)S2(=O)=O. The summed E-state index contributed by atoms with van der Waals surface area (Å²) in [4.78, 5) is 0.109. The molecule has 1 aromatic carbocycles. The third-order valence-corrected chi connectivity index (χ3v) is 5.51. The molecule has 1 unspecified atom stereocenters. The van der Waals surface area contributed by atoms with Gasteiger partial charge in [-0.2, -0.15) is 0 Å². The lowest BCUT2D eigenvalue weighted by atomic mass is 10.0. The molecule has 0 bridgehead atoms. The fourth-order valence-electron chi connectivity index (χ4n) is 2.07. The molecule has 1 N–H and O–H groups in total. The van der Waals surface area contributed by atoms with E-state index in [9.17, 15) is 8.42 Å². The van der Waals surface area contributed by atoms with Crippen LogP contribution in [0.4, 0.5) is 0 Å². The number of benzene rings is 1. The second-order valence-corrected chi connectivity index (χ2v) is 6.75. The molecule has 0 amide bonds. The van der Waals surface area contributed by atoms with E-state index in [0.717, 1.165) is 9.98 Å². The van der Waals surface area contributed by atoms with Crippen molar-refractivity contribution in [1.29, 1.82) is 0 Å².